The Morgan fingerprint density at radius 3 is 2.60 bits per heavy atom. The van der Waals surface area contributed by atoms with Crippen LogP contribution in [0.5, 0.6) is 5.75 Å². The summed E-state index contributed by atoms with van der Waals surface area (Å²) in [7, 11) is 1.69. The van der Waals surface area contributed by atoms with Crippen LogP contribution in [0.3, 0.4) is 0 Å². The van der Waals surface area contributed by atoms with Crippen molar-refractivity contribution in [3.05, 3.63) is 28.8 Å². The van der Waals surface area contributed by atoms with Crippen molar-refractivity contribution >= 4 is 17.6 Å². The van der Waals surface area contributed by atoms with E-state index in [-0.39, 0.29) is 5.41 Å². The number of methoxy groups -OCH3 is 1. The third kappa shape index (κ3) is 4.19. The second-order valence-corrected chi connectivity index (χ2v) is 6.95. The molecule has 0 bridgehead atoms. The van der Waals surface area contributed by atoms with Gasteiger partial charge in [0.05, 0.1) is 26.9 Å². The smallest absolute Gasteiger partial charge is 0.191 e. The monoisotopic (exact) mass is 367 g/mol. The minimum Gasteiger partial charge on any atom is -0.496 e. The molecular weight excluding hydrogens is 342 g/mol. The predicted octanol–water partition coefficient (Wildman–Crippen LogP) is 2.04. The fourth-order valence-electron chi connectivity index (χ4n) is 3.49. The van der Waals surface area contributed by atoms with E-state index in [9.17, 15) is 0 Å². The minimum absolute atomic E-state index is 0.175. The van der Waals surface area contributed by atoms with Crippen LogP contribution in [-0.2, 0) is 14.9 Å². The molecule has 25 heavy (non-hydrogen) atoms. The number of nitrogens with zero attached hydrogens (tertiary/aromatic N) is 2. The third-order valence-electron chi connectivity index (χ3n) is 5.06. The van der Waals surface area contributed by atoms with Gasteiger partial charge < -0.3 is 24.8 Å². The van der Waals surface area contributed by atoms with Crippen molar-refractivity contribution in [1.29, 1.82) is 0 Å². The molecule has 2 aliphatic heterocycles. The lowest BCUT2D eigenvalue weighted by Gasteiger charge is -2.38. The maximum absolute atomic E-state index is 6.27. The average molecular weight is 368 g/mol. The van der Waals surface area contributed by atoms with Crippen LogP contribution in [0.25, 0.3) is 0 Å². The molecule has 0 aliphatic carbocycles. The summed E-state index contributed by atoms with van der Waals surface area (Å²) in [6, 6.07) is 5.76. The molecule has 0 aromatic heterocycles. The van der Waals surface area contributed by atoms with E-state index in [4.69, 9.17) is 36.5 Å². The Bertz CT molecular complexity index is 612. The Labute approximate surface area is 153 Å². The highest BCUT2D eigenvalue weighted by Gasteiger charge is 2.37. The van der Waals surface area contributed by atoms with Crippen molar-refractivity contribution in [2.45, 2.75) is 18.3 Å². The highest BCUT2D eigenvalue weighted by molar-refractivity contribution is 6.30. The lowest BCUT2D eigenvalue weighted by Crippen LogP contribution is -2.46. The molecule has 2 fully saturated rings. The van der Waals surface area contributed by atoms with Gasteiger partial charge in [0.15, 0.2) is 5.96 Å². The Kier molecular flexibility index (Phi) is 6.04. The van der Waals surface area contributed by atoms with Gasteiger partial charge in [-0.05, 0) is 31.0 Å². The highest BCUT2D eigenvalue weighted by atomic mass is 35.5. The van der Waals surface area contributed by atoms with E-state index in [0.717, 1.165) is 37.2 Å². The van der Waals surface area contributed by atoms with E-state index in [2.05, 4.69) is 4.90 Å². The predicted molar refractivity (Wildman–Crippen MR) is 98.6 cm³/mol. The van der Waals surface area contributed by atoms with E-state index >= 15 is 0 Å². The SMILES string of the molecule is COc1ccc(Cl)cc1C1(CN=C(N)N2CCOCC2)CCOCC1. The van der Waals surface area contributed by atoms with Crippen LogP contribution in [0.15, 0.2) is 23.2 Å². The van der Waals surface area contributed by atoms with E-state index in [1.54, 1.807) is 7.11 Å². The molecule has 2 aliphatic rings. The van der Waals surface area contributed by atoms with Crippen molar-refractivity contribution in [3.8, 4) is 5.75 Å². The van der Waals surface area contributed by atoms with Crippen LogP contribution in [0.1, 0.15) is 18.4 Å². The number of aliphatic imine (C=N–C) groups is 1. The standard InChI is InChI=1S/C18H26ClN3O3/c1-23-16-3-2-14(19)12-15(16)18(4-8-24-9-5-18)13-21-17(20)22-6-10-25-11-7-22/h2-3,12H,4-11,13H2,1H3,(H2,20,21). The molecular formula is C18H26ClN3O3. The van der Waals surface area contributed by atoms with Gasteiger partial charge in [-0.3, -0.25) is 4.99 Å². The Balaban J connectivity index is 1.87. The molecule has 1 aromatic rings. The molecule has 3 rings (SSSR count). The molecule has 0 amide bonds. The number of guanidine groups is 1. The first-order valence-corrected chi connectivity index (χ1v) is 9.07. The van der Waals surface area contributed by atoms with Crippen LogP contribution in [0.2, 0.25) is 5.02 Å². The van der Waals surface area contributed by atoms with Crippen molar-refractivity contribution in [1.82, 2.24) is 4.90 Å². The first-order valence-electron chi connectivity index (χ1n) is 8.69. The fraction of sp³-hybridized carbons (Fsp3) is 0.611. The van der Waals surface area contributed by atoms with Gasteiger partial charge in [0.2, 0.25) is 0 Å². The number of rotatable bonds is 4. The minimum atomic E-state index is -0.175. The number of nitrogens with two attached hydrogens (primary N) is 1. The lowest BCUT2D eigenvalue weighted by molar-refractivity contribution is 0.0516. The van der Waals surface area contributed by atoms with Gasteiger partial charge in [-0.2, -0.15) is 0 Å². The summed E-state index contributed by atoms with van der Waals surface area (Å²) in [4.78, 5) is 6.81. The molecule has 2 N–H and O–H groups in total. The average Bonchev–Trinajstić information content (AvgIpc) is 2.67. The van der Waals surface area contributed by atoms with Gasteiger partial charge in [-0.1, -0.05) is 11.6 Å². The normalized spacial score (nSPS) is 21.2. The Morgan fingerprint density at radius 2 is 1.92 bits per heavy atom. The topological polar surface area (TPSA) is 69.3 Å². The molecule has 0 radical (unpaired) electrons. The number of halogens is 1. The zero-order valence-corrected chi connectivity index (χ0v) is 15.4. The van der Waals surface area contributed by atoms with E-state index in [1.807, 2.05) is 18.2 Å². The van der Waals surface area contributed by atoms with Gasteiger partial charge >= 0.3 is 0 Å². The van der Waals surface area contributed by atoms with Crippen LogP contribution >= 0.6 is 11.6 Å². The van der Waals surface area contributed by atoms with Crippen molar-refractivity contribution in [2.24, 2.45) is 10.7 Å². The first kappa shape index (κ1) is 18.3. The van der Waals surface area contributed by atoms with Gasteiger partial charge in [-0.15, -0.1) is 0 Å². The van der Waals surface area contributed by atoms with Crippen molar-refractivity contribution in [2.75, 3.05) is 53.2 Å². The molecule has 2 saturated heterocycles. The second kappa shape index (κ2) is 8.25. The van der Waals surface area contributed by atoms with Gasteiger partial charge in [0, 0.05) is 42.3 Å². The first-order chi connectivity index (χ1) is 12.1. The van der Waals surface area contributed by atoms with E-state index in [1.165, 1.54) is 0 Å². The molecule has 0 unspecified atom stereocenters. The number of benzene rings is 1. The van der Waals surface area contributed by atoms with Crippen LogP contribution in [-0.4, -0.2) is 64.0 Å². The highest BCUT2D eigenvalue weighted by Crippen LogP contribution is 2.41. The van der Waals surface area contributed by atoms with Crippen LogP contribution < -0.4 is 10.5 Å². The Morgan fingerprint density at radius 1 is 1.24 bits per heavy atom. The number of hydrogen-bond acceptors (Lipinski definition) is 4. The van der Waals surface area contributed by atoms with Crippen molar-refractivity contribution < 1.29 is 14.2 Å². The molecule has 1 aromatic carbocycles. The van der Waals surface area contributed by atoms with Crippen LogP contribution in [0, 0.1) is 0 Å². The van der Waals surface area contributed by atoms with Gasteiger partial charge in [-0.25, -0.2) is 0 Å². The number of ether oxygens (including phenoxy) is 3. The summed E-state index contributed by atoms with van der Waals surface area (Å²) in [6.07, 6.45) is 1.73. The summed E-state index contributed by atoms with van der Waals surface area (Å²) >= 11 is 6.27. The summed E-state index contributed by atoms with van der Waals surface area (Å²) in [5.41, 5.74) is 7.15. The third-order valence-corrected chi connectivity index (χ3v) is 5.30. The summed E-state index contributed by atoms with van der Waals surface area (Å²) in [5.74, 6) is 1.42. The summed E-state index contributed by atoms with van der Waals surface area (Å²) in [6.45, 7) is 4.94. The molecule has 0 atom stereocenters. The maximum Gasteiger partial charge on any atom is 0.191 e. The number of morpholine rings is 1. The van der Waals surface area contributed by atoms with Gasteiger partial charge in [0.1, 0.15) is 5.75 Å². The van der Waals surface area contributed by atoms with Crippen LogP contribution in [0.4, 0.5) is 0 Å². The summed E-state index contributed by atoms with van der Waals surface area (Å²) < 4.78 is 16.6. The zero-order chi connectivity index (χ0) is 17.7. The lowest BCUT2D eigenvalue weighted by atomic mass is 9.73. The fourth-order valence-corrected chi connectivity index (χ4v) is 3.67. The molecule has 0 spiro atoms. The molecule has 7 heteroatoms. The van der Waals surface area contributed by atoms with Crippen molar-refractivity contribution in [3.63, 3.8) is 0 Å². The van der Waals surface area contributed by atoms with E-state index in [0.29, 0.717) is 44.0 Å². The van der Waals surface area contributed by atoms with E-state index < -0.39 is 0 Å². The van der Waals surface area contributed by atoms with Gasteiger partial charge in [0.25, 0.3) is 0 Å². The zero-order valence-electron chi connectivity index (χ0n) is 14.7. The maximum atomic E-state index is 6.27. The summed E-state index contributed by atoms with van der Waals surface area (Å²) in [5, 5.41) is 0.701. The second-order valence-electron chi connectivity index (χ2n) is 6.51. The Hall–Kier alpha value is -1.50. The molecule has 0 saturated carbocycles. The molecule has 138 valence electrons. The quantitative estimate of drug-likeness (QED) is 0.651. The molecule has 2 heterocycles. The number of hydrogen-bond donors (Lipinski definition) is 1. The largest absolute Gasteiger partial charge is 0.496 e. The molecule has 6 nitrogen and oxygen atoms in total.